The van der Waals surface area contributed by atoms with Crippen LogP contribution in [0, 0.1) is 16.7 Å². The number of imidazole rings is 1. The van der Waals surface area contributed by atoms with E-state index < -0.39 is 17.6 Å². The Hall–Kier alpha value is -4.23. The fourth-order valence-electron chi connectivity index (χ4n) is 6.78. The summed E-state index contributed by atoms with van der Waals surface area (Å²) in [7, 11) is 0. The Morgan fingerprint density at radius 3 is 2.67 bits per heavy atom. The number of hydrogen-bond donors (Lipinski definition) is 1. The molecule has 1 aliphatic heterocycles. The Morgan fingerprint density at radius 2 is 1.95 bits per heavy atom. The van der Waals surface area contributed by atoms with E-state index in [0.717, 1.165) is 28.0 Å². The van der Waals surface area contributed by atoms with E-state index in [1.807, 2.05) is 25.1 Å². The summed E-state index contributed by atoms with van der Waals surface area (Å²) in [5, 5.41) is 9.34. The van der Waals surface area contributed by atoms with E-state index in [4.69, 9.17) is 15.5 Å². The third kappa shape index (κ3) is 3.57. The van der Waals surface area contributed by atoms with Crippen molar-refractivity contribution in [3.05, 3.63) is 71.6 Å². The fourth-order valence-corrected chi connectivity index (χ4v) is 6.78. The molecule has 1 saturated carbocycles. The minimum atomic E-state index is -3.00. The Labute approximate surface area is 222 Å². The maximum atomic E-state index is 13.3. The second kappa shape index (κ2) is 8.13. The van der Waals surface area contributed by atoms with E-state index in [0.29, 0.717) is 36.2 Å². The molecule has 0 saturated heterocycles. The molecular formula is C29H24F2N6O2. The Balaban J connectivity index is 1.29. The maximum absolute atomic E-state index is 13.3. The predicted octanol–water partition coefficient (Wildman–Crippen LogP) is 5.24. The molecular weight excluding hydrogens is 502 g/mol. The number of rotatable bonds is 4. The van der Waals surface area contributed by atoms with Crippen LogP contribution in [-0.4, -0.2) is 31.9 Å². The van der Waals surface area contributed by atoms with Gasteiger partial charge in [0.15, 0.2) is 5.78 Å². The molecule has 2 N–H and O–H groups in total. The largest absolute Gasteiger partial charge is 0.434 e. The molecule has 2 aromatic carbocycles. The van der Waals surface area contributed by atoms with Crippen LogP contribution in [0.1, 0.15) is 72.1 Å². The van der Waals surface area contributed by atoms with Crippen molar-refractivity contribution in [3.8, 4) is 22.9 Å². The summed E-state index contributed by atoms with van der Waals surface area (Å²) >= 11 is 0. The van der Waals surface area contributed by atoms with Gasteiger partial charge in [-0.3, -0.25) is 4.79 Å². The summed E-state index contributed by atoms with van der Waals surface area (Å²) in [4.78, 5) is 27.0. The van der Waals surface area contributed by atoms with Crippen molar-refractivity contribution < 1.29 is 18.3 Å². The summed E-state index contributed by atoms with van der Waals surface area (Å²) in [5.74, 6) is 1.11. The van der Waals surface area contributed by atoms with E-state index in [1.165, 1.54) is 6.07 Å². The van der Waals surface area contributed by atoms with Gasteiger partial charge in [-0.1, -0.05) is 18.2 Å². The summed E-state index contributed by atoms with van der Waals surface area (Å²) < 4.78 is 33.5. The van der Waals surface area contributed by atoms with Gasteiger partial charge in [0.2, 0.25) is 0 Å². The van der Waals surface area contributed by atoms with Gasteiger partial charge in [-0.15, -0.1) is 0 Å². The second-order valence-corrected chi connectivity index (χ2v) is 11.2. The van der Waals surface area contributed by atoms with Crippen molar-refractivity contribution >= 4 is 16.8 Å². The van der Waals surface area contributed by atoms with Gasteiger partial charge in [0.05, 0.1) is 34.1 Å². The Bertz CT molecular complexity index is 1700. The van der Waals surface area contributed by atoms with Gasteiger partial charge in [-0.05, 0) is 49.9 Å². The van der Waals surface area contributed by atoms with Crippen molar-refractivity contribution in [2.24, 2.45) is 11.1 Å². The fraction of sp³-hybridized carbons (Fsp3) is 0.345. The smallest absolute Gasteiger partial charge is 0.387 e. The second-order valence-electron chi connectivity index (χ2n) is 11.2. The number of hydrogen-bond acceptors (Lipinski definition) is 7. The number of aromatic nitrogens is 4. The zero-order valence-corrected chi connectivity index (χ0v) is 21.1. The van der Waals surface area contributed by atoms with E-state index in [-0.39, 0.29) is 29.9 Å². The molecule has 2 aromatic heterocycles. The molecule has 2 atom stereocenters. The molecule has 3 heterocycles. The van der Waals surface area contributed by atoms with Crippen LogP contribution in [-0.2, 0) is 5.54 Å². The standard InChI is InChI=1S/C29H24F2N6O2/c1-28(14-32)12-29(33,13-28)26-34-10-17(11-35-26)15-5-6-19-20(7-15)37-21-8-16(25(37)36-19)9-22(38)18-3-2-4-23(24(18)21)39-27(30)31/h2-7,10-11,16,21,27H,8-9,12-13,33H2,1H3/t16-,21+,28?,29?/m0/s1. The van der Waals surface area contributed by atoms with Crippen LogP contribution in [0.2, 0.25) is 0 Å². The SMILES string of the molecule is CC1(C#N)CC(N)(c2ncc(-c3ccc4nc5n(c4c3)[C@@H]3C[C@H]5CC(=O)c4cccc(OC(F)F)c43)cn2)C1. The molecule has 2 bridgehead atoms. The van der Waals surface area contributed by atoms with Gasteiger partial charge in [0, 0.05) is 41.4 Å². The number of nitrogens with two attached hydrogens (primary N) is 1. The van der Waals surface area contributed by atoms with Crippen molar-refractivity contribution in [3.63, 3.8) is 0 Å². The zero-order chi connectivity index (χ0) is 27.1. The number of Topliss-reactive ketones (excluding diaryl/α,β-unsaturated/α-hetero) is 1. The normalized spacial score (nSPS) is 27.0. The molecule has 196 valence electrons. The summed E-state index contributed by atoms with van der Waals surface area (Å²) in [6.45, 7) is -1.11. The summed E-state index contributed by atoms with van der Waals surface area (Å²) in [6.07, 6.45) is 5.32. The van der Waals surface area contributed by atoms with Gasteiger partial charge in [-0.2, -0.15) is 14.0 Å². The average molecular weight is 527 g/mol. The van der Waals surface area contributed by atoms with E-state index in [9.17, 15) is 18.8 Å². The first kappa shape index (κ1) is 23.9. The van der Waals surface area contributed by atoms with Crippen LogP contribution in [0.4, 0.5) is 8.78 Å². The number of halogens is 2. The van der Waals surface area contributed by atoms with Gasteiger partial charge in [0.25, 0.3) is 0 Å². The highest BCUT2D eigenvalue weighted by Gasteiger charge is 2.52. The number of benzene rings is 2. The molecule has 39 heavy (non-hydrogen) atoms. The number of ether oxygens (including phenoxy) is 1. The number of carbonyl (C=O) groups excluding carboxylic acids is 1. The van der Waals surface area contributed by atoms with Crippen LogP contribution in [0.15, 0.2) is 48.8 Å². The number of carbonyl (C=O) groups is 1. The Kier molecular flexibility index (Phi) is 4.98. The number of fused-ring (bicyclic) bond motifs is 9. The number of alkyl halides is 2. The minimum absolute atomic E-state index is 0.0237. The first-order chi connectivity index (χ1) is 18.7. The van der Waals surface area contributed by atoms with Crippen LogP contribution < -0.4 is 10.5 Å². The van der Waals surface area contributed by atoms with Gasteiger partial charge >= 0.3 is 6.61 Å². The van der Waals surface area contributed by atoms with E-state index >= 15 is 0 Å². The van der Waals surface area contributed by atoms with Crippen molar-refractivity contribution in [2.75, 3.05) is 0 Å². The first-order valence-corrected chi connectivity index (χ1v) is 12.8. The van der Waals surface area contributed by atoms with Crippen LogP contribution >= 0.6 is 0 Å². The monoisotopic (exact) mass is 526 g/mol. The van der Waals surface area contributed by atoms with E-state index in [1.54, 1.807) is 24.5 Å². The third-order valence-corrected chi connectivity index (χ3v) is 8.36. The molecule has 1 fully saturated rings. The molecule has 10 heteroatoms. The van der Waals surface area contributed by atoms with Crippen LogP contribution in [0.3, 0.4) is 0 Å². The highest BCUT2D eigenvalue weighted by molar-refractivity contribution is 6.00. The van der Waals surface area contributed by atoms with E-state index in [2.05, 4.69) is 20.6 Å². The van der Waals surface area contributed by atoms with Crippen molar-refractivity contribution in [2.45, 2.75) is 56.7 Å². The predicted molar refractivity (Wildman–Crippen MR) is 137 cm³/mol. The molecule has 7 rings (SSSR count). The zero-order valence-electron chi connectivity index (χ0n) is 21.1. The van der Waals surface area contributed by atoms with Crippen LogP contribution in [0.5, 0.6) is 5.75 Å². The summed E-state index contributed by atoms with van der Waals surface area (Å²) in [5.41, 5.74) is 9.47. The lowest BCUT2D eigenvalue weighted by atomic mass is 9.59. The van der Waals surface area contributed by atoms with Crippen molar-refractivity contribution in [1.29, 1.82) is 5.26 Å². The topological polar surface area (TPSA) is 120 Å². The van der Waals surface area contributed by atoms with Gasteiger partial charge in [0.1, 0.15) is 17.4 Å². The number of nitriles is 1. The molecule has 0 radical (unpaired) electrons. The lowest BCUT2D eigenvalue weighted by Gasteiger charge is -2.47. The average Bonchev–Trinajstić information content (AvgIpc) is 3.39. The lowest BCUT2D eigenvalue weighted by molar-refractivity contribution is -0.0507. The minimum Gasteiger partial charge on any atom is -0.434 e. The highest BCUT2D eigenvalue weighted by atomic mass is 19.3. The molecule has 0 spiro atoms. The van der Waals surface area contributed by atoms with Crippen LogP contribution in [0.25, 0.3) is 22.2 Å². The highest BCUT2D eigenvalue weighted by Crippen LogP contribution is 2.52. The van der Waals surface area contributed by atoms with Gasteiger partial charge in [-0.25, -0.2) is 15.0 Å². The van der Waals surface area contributed by atoms with Gasteiger partial charge < -0.3 is 15.0 Å². The Morgan fingerprint density at radius 1 is 1.18 bits per heavy atom. The lowest BCUT2D eigenvalue weighted by Crippen LogP contribution is -2.54. The number of ketones is 1. The number of nitrogens with zero attached hydrogens (tertiary/aromatic N) is 5. The molecule has 2 aliphatic carbocycles. The van der Waals surface area contributed by atoms with Crippen molar-refractivity contribution in [1.82, 2.24) is 19.5 Å². The first-order valence-electron chi connectivity index (χ1n) is 12.8. The maximum Gasteiger partial charge on any atom is 0.387 e. The molecule has 4 aromatic rings. The molecule has 0 amide bonds. The third-order valence-electron chi connectivity index (χ3n) is 8.36. The summed E-state index contributed by atoms with van der Waals surface area (Å²) in [6, 6.07) is 12.6. The molecule has 0 unspecified atom stereocenters. The quantitative estimate of drug-likeness (QED) is 0.386. The molecule has 3 aliphatic rings. The molecule has 8 nitrogen and oxygen atoms in total.